The minimum Gasteiger partial charge on any atom is -0.393 e. The van der Waals surface area contributed by atoms with Crippen molar-refractivity contribution in [3.8, 4) is 0 Å². The molecule has 0 bridgehead atoms. The summed E-state index contributed by atoms with van der Waals surface area (Å²) in [5, 5.41) is 9.93. The van der Waals surface area contributed by atoms with Crippen LogP contribution in [0.25, 0.3) is 0 Å². The predicted octanol–water partition coefficient (Wildman–Crippen LogP) is 2.93. The lowest BCUT2D eigenvalue weighted by molar-refractivity contribution is 0.0399. The first-order valence-corrected chi connectivity index (χ1v) is 6.41. The van der Waals surface area contributed by atoms with Crippen molar-refractivity contribution in [1.29, 1.82) is 0 Å². The lowest BCUT2D eigenvalue weighted by Crippen LogP contribution is -2.29. The second-order valence-electron chi connectivity index (χ2n) is 5.17. The van der Waals surface area contributed by atoms with Crippen molar-refractivity contribution in [1.82, 2.24) is 0 Å². The quantitative estimate of drug-likeness (QED) is 0.743. The van der Waals surface area contributed by atoms with E-state index in [1.807, 2.05) is 0 Å². The van der Waals surface area contributed by atoms with E-state index < -0.39 is 0 Å². The SMILES string of the molecule is CC(C)(C)C(O)CC1CCSCC1. The van der Waals surface area contributed by atoms with Crippen LogP contribution in [-0.2, 0) is 0 Å². The van der Waals surface area contributed by atoms with E-state index in [-0.39, 0.29) is 11.5 Å². The highest BCUT2D eigenvalue weighted by Gasteiger charge is 2.26. The first-order chi connectivity index (χ1) is 6.00. The molecule has 13 heavy (non-hydrogen) atoms. The maximum absolute atomic E-state index is 9.93. The fraction of sp³-hybridized carbons (Fsp3) is 1.00. The van der Waals surface area contributed by atoms with E-state index in [1.54, 1.807) is 0 Å². The minimum absolute atomic E-state index is 0.0601. The Bertz CT molecular complexity index is 145. The molecular weight excluding hydrogens is 180 g/mol. The molecule has 1 atom stereocenters. The molecule has 1 unspecified atom stereocenters. The van der Waals surface area contributed by atoms with Crippen LogP contribution < -0.4 is 0 Å². The molecule has 1 heterocycles. The van der Waals surface area contributed by atoms with E-state index in [0.29, 0.717) is 0 Å². The molecule has 0 aromatic rings. The Labute approximate surface area is 86.3 Å². The molecule has 1 aliphatic rings. The summed E-state index contributed by atoms with van der Waals surface area (Å²) >= 11 is 2.05. The second kappa shape index (κ2) is 4.70. The molecule has 0 spiro atoms. The van der Waals surface area contributed by atoms with Crippen molar-refractivity contribution >= 4 is 11.8 Å². The molecule has 0 aromatic heterocycles. The van der Waals surface area contributed by atoms with Gasteiger partial charge in [0.25, 0.3) is 0 Å². The molecule has 2 heteroatoms. The van der Waals surface area contributed by atoms with Gasteiger partial charge in [0.15, 0.2) is 0 Å². The normalized spacial score (nSPS) is 23.1. The molecule has 1 saturated heterocycles. The Morgan fingerprint density at radius 2 is 1.85 bits per heavy atom. The standard InChI is InChI=1S/C11H22OS/c1-11(2,3)10(12)8-9-4-6-13-7-5-9/h9-10,12H,4-8H2,1-3H3. The van der Waals surface area contributed by atoms with Gasteiger partial charge in [0.1, 0.15) is 0 Å². The van der Waals surface area contributed by atoms with Crippen LogP contribution in [0.15, 0.2) is 0 Å². The molecule has 1 fully saturated rings. The van der Waals surface area contributed by atoms with Gasteiger partial charge < -0.3 is 5.11 Å². The van der Waals surface area contributed by atoms with Crippen molar-refractivity contribution in [2.75, 3.05) is 11.5 Å². The molecular formula is C11H22OS. The average Bonchev–Trinajstić information content (AvgIpc) is 2.04. The molecule has 1 N–H and O–H groups in total. The molecule has 0 aliphatic carbocycles. The van der Waals surface area contributed by atoms with Crippen LogP contribution >= 0.6 is 11.8 Å². The van der Waals surface area contributed by atoms with Gasteiger partial charge in [0.05, 0.1) is 6.10 Å². The Balaban J connectivity index is 2.30. The highest BCUT2D eigenvalue weighted by Crippen LogP contribution is 2.31. The number of thioether (sulfide) groups is 1. The number of aliphatic hydroxyl groups excluding tert-OH is 1. The van der Waals surface area contributed by atoms with E-state index in [9.17, 15) is 5.11 Å². The topological polar surface area (TPSA) is 20.2 Å². The van der Waals surface area contributed by atoms with Crippen LogP contribution in [0.1, 0.15) is 40.0 Å². The average molecular weight is 202 g/mol. The Morgan fingerprint density at radius 1 is 1.31 bits per heavy atom. The van der Waals surface area contributed by atoms with Crippen LogP contribution in [-0.4, -0.2) is 22.7 Å². The van der Waals surface area contributed by atoms with Crippen LogP contribution in [0.3, 0.4) is 0 Å². The van der Waals surface area contributed by atoms with Gasteiger partial charge in [-0.25, -0.2) is 0 Å². The fourth-order valence-corrected chi connectivity index (χ4v) is 2.86. The molecule has 0 radical (unpaired) electrons. The smallest absolute Gasteiger partial charge is 0.0591 e. The molecule has 1 nitrogen and oxygen atoms in total. The van der Waals surface area contributed by atoms with Crippen LogP contribution in [0, 0.1) is 11.3 Å². The largest absolute Gasteiger partial charge is 0.393 e. The number of rotatable bonds is 2. The van der Waals surface area contributed by atoms with Crippen LogP contribution in [0.5, 0.6) is 0 Å². The highest BCUT2D eigenvalue weighted by molar-refractivity contribution is 7.99. The summed E-state index contributed by atoms with van der Waals surface area (Å²) in [7, 11) is 0. The van der Waals surface area contributed by atoms with E-state index in [0.717, 1.165) is 12.3 Å². The third-order valence-corrected chi connectivity index (χ3v) is 3.95. The summed E-state index contributed by atoms with van der Waals surface area (Å²) in [6.07, 6.45) is 3.49. The molecule has 0 aromatic carbocycles. The van der Waals surface area contributed by atoms with Crippen LogP contribution in [0.4, 0.5) is 0 Å². The molecule has 0 saturated carbocycles. The van der Waals surface area contributed by atoms with E-state index in [1.165, 1.54) is 24.3 Å². The van der Waals surface area contributed by atoms with E-state index >= 15 is 0 Å². The van der Waals surface area contributed by atoms with Gasteiger partial charge >= 0.3 is 0 Å². The summed E-state index contributed by atoms with van der Waals surface area (Å²) in [6, 6.07) is 0. The predicted molar refractivity (Wildman–Crippen MR) is 60.1 cm³/mol. The van der Waals surface area contributed by atoms with E-state index in [4.69, 9.17) is 0 Å². The summed E-state index contributed by atoms with van der Waals surface area (Å²) in [5.41, 5.74) is 0.0601. The Morgan fingerprint density at radius 3 is 2.31 bits per heavy atom. The summed E-state index contributed by atoms with van der Waals surface area (Å²) in [5.74, 6) is 3.36. The van der Waals surface area contributed by atoms with Gasteiger partial charge in [0, 0.05) is 0 Å². The Hall–Kier alpha value is 0.310. The third kappa shape index (κ3) is 3.90. The number of hydrogen-bond donors (Lipinski definition) is 1. The zero-order valence-corrected chi connectivity index (χ0v) is 9.86. The molecule has 78 valence electrons. The summed E-state index contributed by atoms with van der Waals surface area (Å²) < 4.78 is 0. The first kappa shape index (κ1) is 11.4. The van der Waals surface area contributed by atoms with Gasteiger partial charge in [-0.05, 0) is 42.1 Å². The molecule has 1 rings (SSSR count). The van der Waals surface area contributed by atoms with E-state index in [2.05, 4.69) is 32.5 Å². The van der Waals surface area contributed by atoms with Gasteiger partial charge in [-0.1, -0.05) is 20.8 Å². The zero-order chi connectivity index (χ0) is 9.90. The Kier molecular flexibility index (Phi) is 4.11. The zero-order valence-electron chi connectivity index (χ0n) is 9.05. The van der Waals surface area contributed by atoms with Crippen molar-refractivity contribution in [3.63, 3.8) is 0 Å². The van der Waals surface area contributed by atoms with Gasteiger partial charge in [-0.3, -0.25) is 0 Å². The maximum atomic E-state index is 9.93. The lowest BCUT2D eigenvalue weighted by atomic mass is 9.82. The third-order valence-electron chi connectivity index (χ3n) is 2.90. The number of hydrogen-bond acceptors (Lipinski definition) is 2. The monoisotopic (exact) mass is 202 g/mol. The van der Waals surface area contributed by atoms with Gasteiger partial charge in [0.2, 0.25) is 0 Å². The second-order valence-corrected chi connectivity index (χ2v) is 6.40. The molecule has 1 aliphatic heterocycles. The van der Waals surface area contributed by atoms with Gasteiger partial charge in [-0.2, -0.15) is 11.8 Å². The van der Waals surface area contributed by atoms with Crippen LogP contribution in [0.2, 0.25) is 0 Å². The maximum Gasteiger partial charge on any atom is 0.0591 e. The molecule has 0 amide bonds. The van der Waals surface area contributed by atoms with Crippen molar-refractivity contribution in [2.24, 2.45) is 11.3 Å². The first-order valence-electron chi connectivity index (χ1n) is 5.26. The van der Waals surface area contributed by atoms with Crippen molar-refractivity contribution < 1.29 is 5.11 Å². The van der Waals surface area contributed by atoms with Crippen molar-refractivity contribution in [3.05, 3.63) is 0 Å². The number of aliphatic hydroxyl groups is 1. The van der Waals surface area contributed by atoms with Crippen molar-refractivity contribution in [2.45, 2.75) is 46.1 Å². The van der Waals surface area contributed by atoms with Gasteiger partial charge in [-0.15, -0.1) is 0 Å². The lowest BCUT2D eigenvalue weighted by Gasteiger charge is -2.31. The summed E-state index contributed by atoms with van der Waals surface area (Å²) in [4.78, 5) is 0. The fourth-order valence-electron chi connectivity index (χ4n) is 1.65. The highest BCUT2D eigenvalue weighted by atomic mass is 32.2. The summed E-state index contributed by atoms with van der Waals surface area (Å²) in [6.45, 7) is 6.36. The minimum atomic E-state index is -0.124.